The third kappa shape index (κ3) is 4.42. The number of esters is 1. The number of rotatable bonds is 6. The number of nitro benzene ring substituents is 1. The fraction of sp³-hybridized carbons (Fsp3) is 0.176. The summed E-state index contributed by atoms with van der Waals surface area (Å²) in [6.45, 7) is 1.09. The molecule has 0 atom stereocenters. The van der Waals surface area contributed by atoms with Crippen molar-refractivity contribution in [2.75, 3.05) is 13.7 Å². The normalized spacial score (nSPS) is 10.2. The number of hydrogen-bond donors (Lipinski definition) is 0. The monoisotopic (exact) mass is 407 g/mol. The van der Waals surface area contributed by atoms with E-state index in [-0.39, 0.29) is 11.3 Å². The maximum absolute atomic E-state index is 12.1. The van der Waals surface area contributed by atoms with Gasteiger partial charge in [0.05, 0.1) is 22.1 Å². The van der Waals surface area contributed by atoms with Gasteiger partial charge in [0.2, 0.25) is 0 Å². The van der Waals surface area contributed by atoms with Crippen LogP contribution in [-0.2, 0) is 4.74 Å². The molecule has 130 valence electrons. The van der Waals surface area contributed by atoms with Crippen molar-refractivity contribution < 1.29 is 24.0 Å². The van der Waals surface area contributed by atoms with Gasteiger partial charge in [0.15, 0.2) is 12.4 Å². The largest absolute Gasteiger partial charge is 0.496 e. The lowest BCUT2D eigenvalue weighted by Crippen LogP contribution is -2.14. The highest BCUT2D eigenvalue weighted by Crippen LogP contribution is 2.26. The van der Waals surface area contributed by atoms with Gasteiger partial charge in [0, 0.05) is 17.2 Å². The van der Waals surface area contributed by atoms with E-state index in [4.69, 9.17) is 9.47 Å². The molecule has 7 nitrogen and oxygen atoms in total. The molecule has 0 fully saturated rings. The van der Waals surface area contributed by atoms with E-state index in [1.54, 1.807) is 25.1 Å². The lowest BCUT2D eigenvalue weighted by Gasteiger charge is -2.07. The van der Waals surface area contributed by atoms with Gasteiger partial charge in [-0.25, -0.2) is 4.79 Å². The zero-order chi connectivity index (χ0) is 18.6. The first-order valence-corrected chi connectivity index (χ1v) is 7.91. The number of carbonyl (C=O) groups is 2. The standard InChI is InChI=1S/C17H14BrNO6/c1-10-3-4-12(8-14(10)19(22)23)17(21)25-9-15(20)11-5-6-16(24-2)13(18)7-11/h3-8H,9H2,1-2H3. The molecular formula is C17H14BrNO6. The van der Waals surface area contributed by atoms with Gasteiger partial charge in [-0.05, 0) is 47.1 Å². The summed E-state index contributed by atoms with van der Waals surface area (Å²) in [5.74, 6) is -0.636. The Morgan fingerprint density at radius 1 is 1.16 bits per heavy atom. The molecule has 0 saturated heterocycles. The quantitative estimate of drug-likeness (QED) is 0.313. The van der Waals surface area contributed by atoms with Gasteiger partial charge in [-0.2, -0.15) is 0 Å². The Bertz CT molecular complexity index is 849. The van der Waals surface area contributed by atoms with E-state index in [0.29, 0.717) is 21.3 Å². The predicted octanol–water partition coefficient (Wildman–Crippen LogP) is 3.71. The Kier molecular flexibility index (Phi) is 5.87. The number of nitro groups is 1. The zero-order valence-electron chi connectivity index (χ0n) is 13.4. The summed E-state index contributed by atoms with van der Waals surface area (Å²) in [6, 6.07) is 8.73. The van der Waals surface area contributed by atoms with Crippen LogP contribution in [-0.4, -0.2) is 30.4 Å². The zero-order valence-corrected chi connectivity index (χ0v) is 15.0. The topological polar surface area (TPSA) is 95.7 Å². The second kappa shape index (κ2) is 7.89. The van der Waals surface area contributed by atoms with Crippen molar-refractivity contribution in [2.24, 2.45) is 0 Å². The van der Waals surface area contributed by atoms with Gasteiger partial charge in [-0.15, -0.1) is 0 Å². The number of nitrogens with zero attached hydrogens (tertiary/aromatic N) is 1. The van der Waals surface area contributed by atoms with Gasteiger partial charge in [0.25, 0.3) is 5.69 Å². The molecule has 25 heavy (non-hydrogen) atoms. The Balaban J connectivity index is 2.07. The molecule has 0 bridgehead atoms. The van der Waals surface area contributed by atoms with E-state index in [1.807, 2.05) is 0 Å². The second-order valence-electron chi connectivity index (χ2n) is 5.11. The maximum atomic E-state index is 12.1. The summed E-state index contributed by atoms with van der Waals surface area (Å²) >= 11 is 3.27. The van der Waals surface area contributed by atoms with Crippen LogP contribution in [0.5, 0.6) is 5.75 Å². The molecule has 0 spiro atoms. The number of ketones is 1. The molecular weight excluding hydrogens is 394 g/mol. The summed E-state index contributed by atoms with van der Waals surface area (Å²) in [6.07, 6.45) is 0. The lowest BCUT2D eigenvalue weighted by molar-refractivity contribution is -0.385. The van der Waals surface area contributed by atoms with Crippen LogP contribution in [0.4, 0.5) is 5.69 Å². The van der Waals surface area contributed by atoms with E-state index < -0.39 is 23.3 Å². The van der Waals surface area contributed by atoms with Crippen LogP contribution < -0.4 is 4.74 Å². The van der Waals surface area contributed by atoms with Crippen molar-refractivity contribution in [2.45, 2.75) is 6.92 Å². The number of methoxy groups -OCH3 is 1. The molecule has 0 aromatic heterocycles. The molecule has 0 aliphatic heterocycles. The van der Waals surface area contributed by atoms with Gasteiger partial charge < -0.3 is 9.47 Å². The first-order valence-electron chi connectivity index (χ1n) is 7.12. The maximum Gasteiger partial charge on any atom is 0.338 e. The summed E-state index contributed by atoms with van der Waals surface area (Å²) in [4.78, 5) is 34.5. The SMILES string of the molecule is COc1ccc(C(=O)COC(=O)c2ccc(C)c([N+](=O)[O-])c2)cc1Br. The average molecular weight is 408 g/mol. The highest BCUT2D eigenvalue weighted by atomic mass is 79.9. The van der Waals surface area contributed by atoms with E-state index in [2.05, 4.69) is 15.9 Å². The minimum atomic E-state index is -0.802. The van der Waals surface area contributed by atoms with Crippen LogP contribution in [0.2, 0.25) is 0 Å². The summed E-state index contributed by atoms with van der Waals surface area (Å²) in [5.41, 5.74) is 0.608. The van der Waals surface area contributed by atoms with Crippen LogP contribution >= 0.6 is 15.9 Å². The Hall–Kier alpha value is -2.74. The second-order valence-corrected chi connectivity index (χ2v) is 5.96. The van der Waals surface area contributed by atoms with E-state index in [1.165, 1.54) is 19.2 Å². The molecule has 0 heterocycles. The molecule has 0 aliphatic carbocycles. The summed E-state index contributed by atoms with van der Waals surface area (Å²) < 4.78 is 10.6. The number of benzene rings is 2. The van der Waals surface area contributed by atoms with Crippen LogP contribution in [0, 0.1) is 17.0 Å². The Labute approximate surface area is 151 Å². The summed E-state index contributed by atoms with van der Waals surface area (Å²) in [7, 11) is 1.50. The van der Waals surface area contributed by atoms with Crippen molar-refractivity contribution in [3.05, 3.63) is 67.7 Å². The molecule has 0 unspecified atom stereocenters. The molecule has 2 rings (SSSR count). The van der Waals surface area contributed by atoms with E-state index >= 15 is 0 Å². The van der Waals surface area contributed by atoms with Crippen molar-refractivity contribution in [1.82, 2.24) is 0 Å². The molecule has 0 saturated carbocycles. The molecule has 2 aromatic carbocycles. The smallest absolute Gasteiger partial charge is 0.338 e. The van der Waals surface area contributed by atoms with Gasteiger partial charge in [-0.3, -0.25) is 14.9 Å². The molecule has 0 aliphatic rings. The molecule has 0 N–H and O–H groups in total. The first kappa shape index (κ1) is 18.6. The van der Waals surface area contributed by atoms with Crippen LogP contribution in [0.1, 0.15) is 26.3 Å². The summed E-state index contributed by atoms with van der Waals surface area (Å²) in [5, 5.41) is 10.9. The van der Waals surface area contributed by atoms with Crippen molar-refractivity contribution >= 4 is 33.4 Å². The third-order valence-electron chi connectivity index (χ3n) is 3.45. The number of ether oxygens (including phenoxy) is 2. The minimum absolute atomic E-state index is 0.0148. The van der Waals surface area contributed by atoms with Crippen LogP contribution in [0.25, 0.3) is 0 Å². The minimum Gasteiger partial charge on any atom is -0.496 e. The number of carbonyl (C=O) groups excluding carboxylic acids is 2. The van der Waals surface area contributed by atoms with Crippen LogP contribution in [0.15, 0.2) is 40.9 Å². The van der Waals surface area contributed by atoms with E-state index in [0.717, 1.165) is 6.07 Å². The number of aryl methyl sites for hydroxylation is 1. The Morgan fingerprint density at radius 3 is 2.44 bits per heavy atom. The van der Waals surface area contributed by atoms with Crippen molar-refractivity contribution in [3.63, 3.8) is 0 Å². The third-order valence-corrected chi connectivity index (χ3v) is 4.07. The predicted molar refractivity (Wildman–Crippen MR) is 93.1 cm³/mol. The number of halogens is 1. The lowest BCUT2D eigenvalue weighted by atomic mass is 10.1. The molecule has 0 amide bonds. The number of hydrogen-bond acceptors (Lipinski definition) is 6. The molecule has 8 heteroatoms. The van der Waals surface area contributed by atoms with Crippen molar-refractivity contribution in [3.8, 4) is 5.75 Å². The highest BCUT2D eigenvalue weighted by molar-refractivity contribution is 9.10. The van der Waals surface area contributed by atoms with Gasteiger partial charge in [-0.1, -0.05) is 6.07 Å². The van der Waals surface area contributed by atoms with Gasteiger partial charge >= 0.3 is 5.97 Å². The Morgan fingerprint density at radius 2 is 1.84 bits per heavy atom. The fourth-order valence-electron chi connectivity index (χ4n) is 2.07. The molecule has 2 aromatic rings. The van der Waals surface area contributed by atoms with Crippen LogP contribution in [0.3, 0.4) is 0 Å². The average Bonchev–Trinajstić information content (AvgIpc) is 2.59. The van der Waals surface area contributed by atoms with Crippen molar-refractivity contribution in [1.29, 1.82) is 0 Å². The fourth-order valence-corrected chi connectivity index (χ4v) is 2.61. The number of Topliss-reactive ketones (excluding diaryl/α,β-unsaturated/α-hetero) is 1. The first-order chi connectivity index (χ1) is 11.8. The van der Waals surface area contributed by atoms with Gasteiger partial charge in [0.1, 0.15) is 5.75 Å². The molecule has 0 radical (unpaired) electrons. The highest BCUT2D eigenvalue weighted by Gasteiger charge is 2.17. The van der Waals surface area contributed by atoms with E-state index in [9.17, 15) is 19.7 Å².